The van der Waals surface area contributed by atoms with E-state index in [1.165, 1.54) is 150 Å². The summed E-state index contributed by atoms with van der Waals surface area (Å²) in [6, 6.07) is 98.7. The Hall–Kier alpha value is -9.36. The zero-order valence-electron chi connectivity index (χ0n) is 54.5. The molecule has 0 amide bonds. The lowest BCUT2D eigenvalue weighted by atomic mass is 9.80. The molecule has 12 aromatic carbocycles. The van der Waals surface area contributed by atoms with Crippen LogP contribution in [0, 0.1) is 34.6 Å². The van der Waals surface area contributed by atoms with Crippen LogP contribution < -0.4 is 0 Å². The van der Waals surface area contributed by atoms with Gasteiger partial charge in [-0.05, 0) is 186 Å². The third kappa shape index (κ3) is 11.2. The van der Waals surface area contributed by atoms with Crippen molar-refractivity contribution < 1.29 is 0 Å². The summed E-state index contributed by atoms with van der Waals surface area (Å²) in [5, 5.41) is 0. The first kappa shape index (κ1) is 59.9. The van der Waals surface area contributed by atoms with Crippen LogP contribution in [0.25, 0.3) is 77.9 Å². The fourth-order valence-electron chi connectivity index (χ4n) is 14.9. The number of hydrogen-bond acceptors (Lipinski definition) is 0. The van der Waals surface area contributed by atoms with Crippen molar-refractivity contribution in [3.8, 4) is 77.9 Å². The first-order valence-electron chi connectivity index (χ1n) is 31.9. The van der Waals surface area contributed by atoms with Gasteiger partial charge in [-0.1, -0.05) is 327 Å². The van der Waals surface area contributed by atoms with Crippen molar-refractivity contribution in [2.45, 2.75) is 112 Å². The third-order valence-electron chi connectivity index (χ3n) is 19.6. The molecule has 0 aliphatic heterocycles. The maximum absolute atomic E-state index is 2.33. The normalized spacial score (nSPS) is 14.3. The van der Waals surface area contributed by atoms with Crippen LogP contribution in [0.1, 0.15) is 128 Å². The standard InChI is InChI=1S/C25H20.4C16H16/c1-19-9-8-14-22(15-19)25-17-23(20-10-4-2-5-11-20)16-24(18-25)21-12-6-3-7-13-21;1-11-7-6-9-13-12-8-4-5-10-14(12)16(2,3)15(11)13;1-11-7-6-10-14-15(11)12-8-4-5-9-13(12)16(14,2)3;1-11-8-9-15-13(10-11)12-6-4-5-7-14(12)16(15,2)3;1-11-8-9-13-12-6-4-5-7-14(12)16(2,3)15(13)10-11/h2-18H,1H3;4*4-10H,1-3H3. The molecule has 440 valence electrons. The molecule has 0 spiro atoms. The van der Waals surface area contributed by atoms with Gasteiger partial charge in [0.15, 0.2) is 0 Å². The maximum Gasteiger partial charge on any atom is 0.0161 e. The van der Waals surface area contributed by atoms with Crippen LogP contribution in [-0.2, 0) is 21.7 Å². The average Bonchev–Trinajstić information content (AvgIpc) is 1.65. The lowest BCUT2D eigenvalue weighted by Gasteiger charge is -2.23. The molecule has 0 atom stereocenters. The van der Waals surface area contributed by atoms with Gasteiger partial charge >= 0.3 is 0 Å². The van der Waals surface area contributed by atoms with Gasteiger partial charge in [-0.15, -0.1) is 0 Å². The summed E-state index contributed by atoms with van der Waals surface area (Å²) in [6.07, 6.45) is 0. The Bertz CT molecular complexity index is 4510. The van der Waals surface area contributed by atoms with Gasteiger partial charge in [0.25, 0.3) is 0 Å². The predicted octanol–water partition coefficient (Wildman–Crippen LogP) is 24.2. The molecule has 0 aromatic heterocycles. The molecule has 4 aliphatic carbocycles. The summed E-state index contributed by atoms with van der Waals surface area (Å²) in [5.41, 5.74) is 37.9. The summed E-state index contributed by atoms with van der Waals surface area (Å²) in [5.74, 6) is 0. The molecule has 0 fully saturated rings. The first-order valence-corrected chi connectivity index (χ1v) is 31.9. The highest BCUT2D eigenvalue weighted by Gasteiger charge is 2.38. The van der Waals surface area contributed by atoms with Crippen molar-refractivity contribution in [1.82, 2.24) is 0 Å². The smallest absolute Gasteiger partial charge is 0.0161 e. The molecule has 16 rings (SSSR count). The molecular formula is C89H84. The highest BCUT2D eigenvalue weighted by molar-refractivity contribution is 5.86. The second kappa shape index (κ2) is 24.0. The summed E-state index contributed by atoms with van der Waals surface area (Å²) in [7, 11) is 0. The van der Waals surface area contributed by atoms with Crippen molar-refractivity contribution in [2.75, 3.05) is 0 Å². The van der Waals surface area contributed by atoms with E-state index in [2.05, 4.69) is 363 Å². The minimum absolute atomic E-state index is 0.150. The van der Waals surface area contributed by atoms with Crippen LogP contribution in [0.2, 0.25) is 0 Å². The molecule has 0 N–H and O–H groups in total. The van der Waals surface area contributed by atoms with E-state index in [4.69, 9.17) is 0 Å². The van der Waals surface area contributed by atoms with Gasteiger partial charge in [-0.2, -0.15) is 0 Å². The molecule has 0 saturated heterocycles. The largest absolute Gasteiger partial charge is 0.0622 e. The second-order valence-corrected chi connectivity index (χ2v) is 27.2. The van der Waals surface area contributed by atoms with Gasteiger partial charge in [0.2, 0.25) is 0 Å². The fourth-order valence-corrected chi connectivity index (χ4v) is 14.9. The number of fused-ring (bicyclic) bond motifs is 12. The van der Waals surface area contributed by atoms with Gasteiger partial charge in [-0.3, -0.25) is 0 Å². The Balaban J connectivity index is 0.000000110. The molecule has 0 saturated carbocycles. The number of benzene rings is 12. The quantitative estimate of drug-likeness (QED) is 0.165. The number of hydrogen-bond donors (Lipinski definition) is 0. The molecule has 4 aliphatic rings. The molecule has 0 bridgehead atoms. The molecule has 0 heterocycles. The van der Waals surface area contributed by atoms with Crippen LogP contribution in [0.3, 0.4) is 0 Å². The number of rotatable bonds is 3. The molecule has 0 nitrogen and oxygen atoms in total. The van der Waals surface area contributed by atoms with Gasteiger partial charge in [0.1, 0.15) is 0 Å². The third-order valence-corrected chi connectivity index (χ3v) is 19.6. The Morgan fingerprint density at radius 2 is 0.551 bits per heavy atom. The van der Waals surface area contributed by atoms with Crippen molar-refractivity contribution in [1.29, 1.82) is 0 Å². The average molecular weight is 1150 g/mol. The summed E-state index contributed by atoms with van der Waals surface area (Å²) < 4.78 is 0. The molecule has 12 aromatic rings. The zero-order valence-corrected chi connectivity index (χ0v) is 54.5. The highest BCUT2D eigenvalue weighted by atomic mass is 14.4. The highest BCUT2D eigenvalue weighted by Crippen LogP contribution is 2.53. The monoisotopic (exact) mass is 1150 g/mol. The van der Waals surface area contributed by atoms with Gasteiger partial charge in [0, 0.05) is 21.7 Å². The SMILES string of the molecule is Cc1ccc2c(c1)-c1ccccc1C2(C)C.Cc1ccc2c(c1)C(C)(C)c1ccccc1-2.Cc1cccc(-c2cc(-c3ccccc3)cc(-c3ccccc3)c2)c1.Cc1cccc2c1-c1ccccc1C2(C)C.Cc1cccc2c1C(C)(C)c1ccccc1-2. The summed E-state index contributed by atoms with van der Waals surface area (Å²) in [6.45, 7) is 29.4. The van der Waals surface area contributed by atoms with E-state index in [1.807, 2.05) is 0 Å². The van der Waals surface area contributed by atoms with Crippen molar-refractivity contribution >= 4 is 0 Å². The lowest BCUT2D eigenvalue weighted by molar-refractivity contribution is 0.655. The lowest BCUT2D eigenvalue weighted by Crippen LogP contribution is -2.16. The van der Waals surface area contributed by atoms with E-state index in [0.717, 1.165) is 0 Å². The Kier molecular flexibility index (Phi) is 16.1. The summed E-state index contributed by atoms with van der Waals surface area (Å²) >= 11 is 0. The van der Waals surface area contributed by atoms with Crippen LogP contribution in [-0.4, -0.2) is 0 Å². The first-order chi connectivity index (χ1) is 42.7. The maximum atomic E-state index is 2.33. The number of aryl methyl sites for hydroxylation is 5. The van der Waals surface area contributed by atoms with Gasteiger partial charge < -0.3 is 0 Å². The van der Waals surface area contributed by atoms with Crippen molar-refractivity contribution in [2.24, 2.45) is 0 Å². The van der Waals surface area contributed by atoms with E-state index in [9.17, 15) is 0 Å². The molecule has 0 unspecified atom stereocenters. The topological polar surface area (TPSA) is 0 Å². The van der Waals surface area contributed by atoms with Crippen molar-refractivity contribution in [3.05, 3.63) is 345 Å². The van der Waals surface area contributed by atoms with E-state index in [0.29, 0.717) is 0 Å². The molecule has 0 radical (unpaired) electrons. The fraction of sp³-hybridized carbons (Fsp3) is 0.191. The van der Waals surface area contributed by atoms with Crippen LogP contribution in [0.4, 0.5) is 0 Å². The van der Waals surface area contributed by atoms with E-state index in [-0.39, 0.29) is 21.7 Å². The molecular weight excluding hydrogens is 1070 g/mol. The summed E-state index contributed by atoms with van der Waals surface area (Å²) in [4.78, 5) is 0. The Morgan fingerprint density at radius 3 is 1.13 bits per heavy atom. The Labute approximate surface area is 531 Å². The van der Waals surface area contributed by atoms with Gasteiger partial charge in [-0.25, -0.2) is 0 Å². The Morgan fingerprint density at radius 1 is 0.191 bits per heavy atom. The van der Waals surface area contributed by atoms with E-state index in [1.54, 1.807) is 0 Å². The zero-order chi connectivity index (χ0) is 62.4. The minimum Gasteiger partial charge on any atom is -0.0622 e. The second-order valence-electron chi connectivity index (χ2n) is 27.2. The minimum atomic E-state index is 0.150. The van der Waals surface area contributed by atoms with Crippen LogP contribution >= 0.6 is 0 Å². The van der Waals surface area contributed by atoms with Crippen LogP contribution in [0.15, 0.2) is 273 Å². The molecule has 89 heavy (non-hydrogen) atoms. The van der Waals surface area contributed by atoms with Crippen molar-refractivity contribution in [3.63, 3.8) is 0 Å². The van der Waals surface area contributed by atoms with E-state index >= 15 is 0 Å². The molecule has 0 heteroatoms. The van der Waals surface area contributed by atoms with Crippen LogP contribution in [0.5, 0.6) is 0 Å². The van der Waals surface area contributed by atoms with E-state index < -0.39 is 0 Å². The predicted molar refractivity (Wildman–Crippen MR) is 382 cm³/mol. The van der Waals surface area contributed by atoms with Gasteiger partial charge in [0.05, 0.1) is 0 Å².